The average Bonchev–Trinajstić information content (AvgIpc) is 3.43. The molecule has 0 fully saturated rings. The highest BCUT2D eigenvalue weighted by Gasteiger charge is 2.29. The minimum absolute atomic E-state index is 0.135. The normalized spacial score (nSPS) is 12.6. The van der Waals surface area contributed by atoms with E-state index in [0.717, 1.165) is 41.5 Å². The van der Waals surface area contributed by atoms with Gasteiger partial charge in [-0.25, -0.2) is 0 Å². The van der Waals surface area contributed by atoms with Crippen molar-refractivity contribution in [3.05, 3.63) is 88.0 Å². The molecule has 0 amide bonds. The van der Waals surface area contributed by atoms with Crippen molar-refractivity contribution in [3.8, 4) is 16.9 Å². The highest BCUT2D eigenvalue weighted by Crippen LogP contribution is 2.41. The maximum Gasteiger partial charge on any atom is 0.313 e. The van der Waals surface area contributed by atoms with Crippen LogP contribution in [0.2, 0.25) is 0 Å². The molecule has 3 heteroatoms. The van der Waals surface area contributed by atoms with E-state index >= 15 is 0 Å². The summed E-state index contributed by atoms with van der Waals surface area (Å²) in [6, 6.07) is 19.0. The van der Waals surface area contributed by atoms with Gasteiger partial charge in [-0.3, -0.25) is 4.79 Å². The van der Waals surface area contributed by atoms with Gasteiger partial charge in [-0.15, -0.1) is 0 Å². The maximum atomic E-state index is 13.7. The molecule has 4 rings (SSSR count). The predicted molar refractivity (Wildman–Crippen MR) is 189 cm³/mol. The minimum Gasteiger partial charge on any atom is -0.507 e. The van der Waals surface area contributed by atoms with Crippen LogP contribution in [0.5, 0.6) is 5.75 Å². The fourth-order valence-electron chi connectivity index (χ4n) is 7.15. The molecule has 1 aliphatic carbocycles. The van der Waals surface area contributed by atoms with Crippen LogP contribution >= 0.6 is 0 Å². The lowest BCUT2D eigenvalue weighted by molar-refractivity contribution is -0.145. The van der Waals surface area contributed by atoms with Crippen molar-refractivity contribution in [2.75, 3.05) is 6.61 Å². The molecule has 0 aromatic heterocycles. The topological polar surface area (TPSA) is 46.5 Å². The third-order valence-corrected chi connectivity index (χ3v) is 9.78. The first-order valence-corrected chi connectivity index (χ1v) is 18.1. The fraction of sp³-hybridized carbons (Fsp3) is 0.548. The van der Waals surface area contributed by atoms with Crippen LogP contribution < -0.4 is 0 Å². The van der Waals surface area contributed by atoms with Crippen molar-refractivity contribution in [3.63, 3.8) is 0 Å². The summed E-state index contributed by atoms with van der Waals surface area (Å²) in [5.74, 6) is -0.181. The van der Waals surface area contributed by atoms with E-state index in [0.29, 0.717) is 18.8 Å². The summed E-state index contributed by atoms with van der Waals surface area (Å²) in [5.41, 5.74) is 8.88. The van der Waals surface area contributed by atoms with Gasteiger partial charge in [0.1, 0.15) is 5.75 Å². The van der Waals surface area contributed by atoms with Crippen LogP contribution in [0.4, 0.5) is 0 Å². The molecular formula is C42H58O3. The van der Waals surface area contributed by atoms with Crippen LogP contribution in [-0.2, 0) is 22.4 Å². The second-order valence-electron chi connectivity index (χ2n) is 13.5. The zero-order valence-corrected chi connectivity index (χ0v) is 28.5. The van der Waals surface area contributed by atoms with E-state index in [1.165, 1.54) is 112 Å². The molecule has 3 nitrogen and oxygen atoms in total. The van der Waals surface area contributed by atoms with E-state index in [4.69, 9.17) is 4.74 Å². The number of aromatic hydroxyl groups is 1. The summed E-state index contributed by atoms with van der Waals surface area (Å²) < 4.78 is 5.98. The van der Waals surface area contributed by atoms with Crippen LogP contribution in [0.1, 0.15) is 149 Å². The second-order valence-corrected chi connectivity index (χ2v) is 13.5. The smallest absolute Gasteiger partial charge is 0.313 e. The van der Waals surface area contributed by atoms with Crippen LogP contribution in [0, 0.1) is 13.8 Å². The minimum atomic E-state index is -0.376. The summed E-state index contributed by atoms with van der Waals surface area (Å²) in [6.07, 6.45) is 22.7. The number of carbonyl (C=O) groups is 1. The third-order valence-electron chi connectivity index (χ3n) is 9.78. The molecule has 1 aliphatic rings. The van der Waals surface area contributed by atoms with E-state index in [1.54, 1.807) is 0 Å². The molecule has 3 aromatic rings. The van der Waals surface area contributed by atoms with Gasteiger partial charge >= 0.3 is 5.97 Å². The number of phenols is 1. The van der Waals surface area contributed by atoms with E-state index < -0.39 is 0 Å². The maximum absolute atomic E-state index is 13.7. The van der Waals surface area contributed by atoms with E-state index in [-0.39, 0.29) is 11.9 Å². The van der Waals surface area contributed by atoms with Gasteiger partial charge in [-0.2, -0.15) is 0 Å². The first-order valence-electron chi connectivity index (χ1n) is 18.1. The summed E-state index contributed by atoms with van der Waals surface area (Å²) >= 11 is 0. The van der Waals surface area contributed by atoms with Gasteiger partial charge in [0.05, 0.1) is 12.5 Å². The first-order chi connectivity index (χ1) is 22.0. The number of hydrogen-bond acceptors (Lipinski definition) is 3. The van der Waals surface area contributed by atoms with Crippen molar-refractivity contribution in [1.82, 2.24) is 0 Å². The van der Waals surface area contributed by atoms with E-state index in [2.05, 4.69) is 49.4 Å². The lowest BCUT2D eigenvalue weighted by Gasteiger charge is -2.20. The van der Waals surface area contributed by atoms with E-state index in [9.17, 15) is 9.90 Å². The monoisotopic (exact) mass is 610 g/mol. The predicted octanol–water partition coefficient (Wildman–Crippen LogP) is 11.7. The summed E-state index contributed by atoms with van der Waals surface area (Å²) in [4.78, 5) is 13.7. The average molecular weight is 611 g/mol. The second kappa shape index (κ2) is 18.8. The van der Waals surface area contributed by atoms with Gasteiger partial charge < -0.3 is 9.84 Å². The SMILES string of the molecule is CCCCCCCCCCCCCCCCCCOC(=O)C(Cc1cc(C)c(O)c(C)c1)c1cccc2c1Cc1ccccc1-2. The molecule has 0 saturated carbocycles. The number of carbonyl (C=O) groups excluding carboxylic acids is 1. The van der Waals surface area contributed by atoms with Gasteiger partial charge in [0.25, 0.3) is 0 Å². The molecule has 1 atom stereocenters. The number of fused-ring (bicyclic) bond motifs is 3. The van der Waals surface area contributed by atoms with Crippen molar-refractivity contribution in [2.24, 2.45) is 0 Å². The number of unbranched alkanes of at least 4 members (excludes halogenated alkanes) is 15. The molecule has 0 radical (unpaired) electrons. The standard InChI is InChI=1S/C42H58O3/c1-4-5-6-7-8-9-10-11-12-13-14-15-16-17-18-21-27-45-42(44)40(30-34-28-32(2)41(43)33(3)29-34)38-26-22-25-37-36-24-20-19-23-35(36)31-39(37)38/h19-20,22-26,28-29,40,43H,4-18,21,27,30-31H2,1-3H3. The first kappa shape index (κ1) is 34.8. The van der Waals surface area contributed by atoms with Crippen LogP contribution in [0.25, 0.3) is 11.1 Å². The molecule has 0 bridgehead atoms. The fourth-order valence-corrected chi connectivity index (χ4v) is 7.15. The summed E-state index contributed by atoms with van der Waals surface area (Å²) in [6.45, 7) is 6.61. The zero-order valence-electron chi connectivity index (χ0n) is 28.5. The Labute approximate surface area is 273 Å². The number of benzene rings is 3. The van der Waals surface area contributed by atoms with Crippen molar-refractivity contribution in [1.29, 1.82) is 0 Å². The molecule has 0 saturated heterocycles. The number of aryl methyl sites for hydroxylation is 2. The molecule has 244 valence electrons. The van der Waals surface area contributed by atoms with Gasteiger partial charge in [0.15, 0.2) is 0 Å². The Hall–Kier alpha value is -3.07. The highest BCUT2D eigenvalue weighted by molar-refractivity contribution is 5.84. The molecule has 1 N–H and O–H groups in total. The lowest BCUT2D eigenvalue weighted by Crippen LogP contribution is -2.20. The molecule has 0 aliphatic heterocycles. The van der Waals surface area contributed by atoms with Gasteiger partial charge in [0.2, 0.25) is 0 Å². The molecule has 0 heterocycles. The van der Waals surface area contributed by atoms with Crippen LogP contribution in [0.15, 0.2) is 54.6 Å². The van der Waals surface area contributed by atoms with Crippen LogP contribution in [-0.4, -0.2) is 17.7 Å². The van der Waals surface area contributed by atoms with Crippen LogP contribution in [0.3, 0.4) is 0 Å². The van der Waals surface area contributed by atoms with Gasteiger partial charge in [-0.05, 0) is 77.6 Å². The molecular weight excluding hydrogens is 552 g/mol. The van der Waals surface area contributed by atoms with Gasteiger partial charge in [-0.1, -0.05) is 158 Å². The van der Waals surface area contributed by atoms with E-state index in [1.807, 2.05) is 26.0 Å². The Bertz CT molecular complexity index is 1320. The molecule has 0 spiro atoms. The van der Waals surface area contributed by atoms with Gasteiger partial charge in [0, 0.05) is 0 Å². The number of ether oxygens (including phenoxy) is 1. The highest BCUT2D eigenvalue weighted by atomic mass is 16.5. The van der Waals surface area contributed by atoms with Crippen molar-refractivity contribution >= 4 is 5.97 Å². The molecule has 45 heavy (non-hydrogen) atoms. The van der Waals surface area contributed by atoms with Crippen molar-refractivity contribution in [2.45, 2.75) is 142 Å². The lowest BCUT2D eigenvalue weighted by atomic mass is 9.86. The Morgan fingerprint density at radius 3 is 1.84 bits per heavy atom. The quantitative estimate of drug-likeness (QED) is 0.0754. The zero-order chi connectivity index (χ0) is 31.9. The molecule has 1 unspecified atom stereocenters. The number of hydrogen-bond donors (Lipinski definition) is 1. The number of rotatable bonds is 21. The number of esters is 1. The third kappa shape index (κ3) is 10.5. The number of phenolic OH excluding ortho intramolecular Hbond substituents is 1. The summed E-state index contributed by atoms with van der Waals surface area (Å²) in [7, 11) is 0. The summed E-state index contributed by atoms with van der Waals surface area (Å²) in [5, 5.41) is 10.3. The Balaban J connectivity index is 1.21. The Morgan fingerprint density at radius 1 is 0.711 bits per heavy atom. The Kier molecular flexibility index (Phi) is 14.5. The van der Waals surface area contributed by atoms with Crippen molar-refractivity contribution < 1.29 is 14.6 Å². The largest absolute Gasteiger partial charge is 0.507 e. The Morgan fingerprint density at radius 2 is 1.24 bits per heavy atom. The molecule has 3 aromatic carbocycles.